The lowest BCUT2D eigenvalue weighted by molar-refractivity contribution is -0.113. The molecular formula is C25H20ClNO2S2. The Hall–Kier alpha value is -2.60. The average molecular weight is 466 g/mol. The van der Waals surface area contributed by atoms with Crippen molar-refractivity contribution in [2.45, 2.75) is 20.5 Å². The number of ether oxygens (including phenoxy) is 1. The van der Waals surface area contributed by atoms with Gasteiger partial charge >= 0.3 is 0 Å². The number of hydrogen-bond acceptors (Lipinski definition) is 4. The number of carbonyl (C=O) groups is 1. The molecule has 1 aliphatic heterocycles. The predicted octanol–water partition coefficient (Wildman–Crippen LogP) is 6.94. The minimum atomic E-state index is -0.144. The van der Waals surface area contributed by atoms with Gasteiger partial charge in [-0.25, -0.2) is 0 Å². The van der Waals surface area contributed by atoms with E-state index in [0.717, 1.165) is 22.4 Å². The Morgan fingerprint density at radius 3 is 2.42 bits per heavy atom. The summed E-state index contributed by atoms with van der Waals surface area (Å²) in [5.41, 5.74) is 4.89. The predicted molar refractivity (Wildman–Crippen MR) is 134 cm³/mol. The highest BCUT2D eigenvalue weighted by Gasteiger charge is 2.33. The number of aryl methyl sites for hydroxylation is 2. The van der Waals surface area contributed by atoms with Crippen LogP contribution >= 0.6 is 35.6 Å². The summed E-state index contributed by atoms with van der Waals surface area (Å²) in [5.74, 6) is 0.634. The zero-order valence-electron chi connectivity index (χ0n) is 17.1. The maximum absolute atomic E-state index is 12.9. The molecule has 156 valence electrons. The standard InChI is InChI=1S/C25H20ClNO2S2/c1-16-3-6-19(7-4-16)15-29-21-11-8-18(9-12-21)13-23-24(28)27(25(30)31-23)20-10-5-17(2)22(26)14-20/h3-14H,15H2,1-2H3/b23-13-. The number of amides is 1. The summed E-state index contributed by atoms with van der Waals surface area (Å²) in [7, 11) is 0. The largest absolute Gasteiger partial charge is 0.489 e. The lowest BCUT2D eigenvalue weighted by atomic mass is 10.1. The first-order chi connectivity index (χ1) is 14.9. The van der Waals surface area contributed by atoms with Crippen molar-refractivity contribution in [3.63, 3.8) is 0 Å². The van der Waals surface area contributed by atoms with E-state index in [1.54, 1.807) is 6.07 Å². The van der Waals surface area contributed by atoms with Gasteiger partial charge in [-0.15, -0.1) is 0 Å². The van der Waals surface area contributed by atoms with Gasteiger partial charge in [0.25, 0.3) is 5.91 Å². The van der Waals surface area contributed by atoms with Crippen LogP contribution in [0.2, 0.25) is 5.02 Å². The Balaban J connectivity index is 1.45. The van der Waals surface area contributed by atoms with E-state index in [4.69, 9.17) is 28.6 Å². The highest BCUT2D eigenvalue weighted by atomic mass is 35.5. The van der Waals surface area contributed by atoms with Crippen molar-refractivity contribution in [3.05, 3.63) is 98.9 Å². The maximum Gasteiger partial charge on any atom is 0.270 e. The van der Waals surface area contributed by atoms with Crippen molar-refractivity contribution in [2.24, 2.45) is 0 Å². The fraction of sp³-hybridized carbons (Fsp3) is 0.120. The van der Waals surface area contributed by atoms with Crippen LogP contribution in [-0.2, 0) is 11.4 Å². The fourth-order valence-electron chi connectivity index (χ4n) is 3.07. The van der Waals surface area contributed by atoms with Gasteiger partial charge in [-0.1, -0.05) is 83.6 Å². The molecule has 1 aliphatic rings. The molecule has 0 aliphatic carbocycles. The smallest absolute Gasteiger partial charge is 0.270 e. The molecule has 1 saturated heterocycles. The lowest BCUT2D eigenvalue weighted by Crippen LogP contribution is -2.27. The molecule has 1 heterocycles. The molecule has 0 unspecified atom stereocenters. The monoisotopic (exact) mass is 465 g/mol. The Labute approximate surface area is 196 Å². The molecule has 0 atom stereocenters. The maximum atomic E-state index is 12.9. The molecule has 0 N–H and O–H groups in total. The van der Waals surface area contributed by atoms with Gasteiger partial charge in [-0.2, -0.15) is 0 Å². The van der Waals surface area contributed by atoms with E-state index in [-0.39, 0.29) is 5.91 Å². The van der Waals surface area contributed by atoms with Crippen molar-refractivity contribution < 1.29 is 9.53 Å². The second kappa shape index (κ2) is 9.27. The van der Waals surface area contributed by atoms with Crippen molar-refractivity contribution in [1.82, 2.24) is 0 Å². The molecule has 1 fully saturated rings. The lowest BCUT2D eigenvalue weighted by Gasteiger charge is -2.15. The van der Waals surface area contributed by atoms with E-state index in [9.17, 15) is 4.79 Å². The van der Waals surface area contributed by atoms with Crippen molar-refractivity contribution >= 4 is 57.6 Å². The van der Waals surface area contributed by atoms with Crippen LogP contribution in [0.5, 0.6) is 5.75 Å². The summed E-state index contributed by atoms with van der Waals surface area (Å²) in [6, 6.07) is 21.4. The zero-order valence-corrected chi connectivity index (χ0v) is 19.5. The quantitative estimate of drug-likeness (QED) is 0.301. The number of nitrogens with zero attached hydrogens (tertiary/aromatic N) is 1. The molecule has 0 saturated carbocycles. The van der Waals surface area contributed by atoms with Crippen LogP contribution in [0.15, 0.2) is 71.6 Å². The molecule has 0 aromatic heterocycles. The minimum absolute atomic E-state index is 0.144. The van der Waals surface area contributed by atoms with Gasteiger partial charge in [0.15, 0.2) is 4.32 Å². The average Bonchev–Trinajstić information content (AvgIpc) is 3.03. The third kappa shape index (κ3) is 5.01. The van der Waals surface area contributed by atoms with Crippen LogP contribution in [0.3, 0.4) is 0 Å². The molecule has 0 spiro atoms. The molecule has 0 radical (unpaired) electrons. The van der Waals surface area contributed by atoms with E-state index in [1.165, 1.54) is 22.2 Å². The number of thiocarbonyl (C=S) groups is 1. The molecule has 31 heavy (non-hydrogen) atoms. The van der Waals surface area contributed by atoms with Gasteiger partial charge in [-0.05, 0) is 60.9 Å². The molecule has 4 rings (SSSR count). The van der Waals surface area contributed by atoms with Crippen LogP contribution in [0, 0.1) is 13.8 Å². The molecule has 0 bridgehead atoms. The van der Waals surface area contributed by atoms with E-state index in [0.29, 0.717) is 26.5 Å². The van der Waals surface area contributed by atoms with Crippen LogP contribution in [0.4, 0.5) is 5.69 Å². The van der Waals surface area contributed by atoms with E-state index >= 15 is 0 Å². The zero-order chi connectivity index (χ0) is 22.0. The van der Waals surface area contributed by atoms with Gasteiger partial charge < -0.3 is 4.74 Å². The Morgan fingerprint density at radius 1 is 1.03 bits per heavy atom. The summed E-state index contributed by atoms with van der Waals surface area (Å²) < 4.78 is 6.35. The van der Waals surface area contributed by atoms with Crippen LogP contribution < -0.4 is 9.64 Å². The van der Waals surface area contributed by atoms with Crippen molar-refractivity contribution in [1.29, 1.82) is 0 Å². The van der Waals surface area contributed by atoms with Gasteiger partial charge in [0.05, 0.1) is 10.6 Å². The number of hydrogen-bond donors (Lipinski definition) is 0. The first kappa shape index (κ1) is 21.6. The second-order valence-electron chi connectivity index (χ2n) is 7.29. The topological polar surface area (TPSA) is 29.5 Å². The van der Waals surface area contributed by atoms with Crippen molar-refractivity contribution in [2.75, 3.05) is 4.90 Å². The van der Waals surface area contributed by atoms with Gasteiger partial charge in [0, 0.05) is 5.02 Å². The third-order valence-corrected chi connectivity index (χ3v) is 6.62. The number of benzene rings is 3. The summed E-state index contributed by atoms with van der Waals surface area (Å²) >= 11 is 13.0. The number of rotatable bonds is 5. The second-order valence-corrected chi connectivity index (χ2v) is 9.38. The van der Waals surface area contributed by atoms with E-state index in [1.807, 2.05) is 49.4 Å². The molecule has 1 amide bonds. The fourth-order valence-corrected chi connectivity index (χ4v) is 4.55. The number of anilines is 1. The summed E-state index contributed by atoms with van der Waals surface area (Å²) in [6.45, 7) is 4.49. The van der Waals surface area contributed by atoms with E-state index < -0.39 is 0 Å². The molecule has 6 heteroatoms. The molecule has 3 aromatic carbocycles. The summed E-state index contributed by atoms with van der Waals surface area (Å²) in [6.07, 6.45) is 1.85. The van der Waals surface area contributed by atoms with Crippen LogP contribution in [0.25, 0.3) is 6.08 Å². The molecule has 3 aromatic rings. The first-order valence-corrected chi connectivity index (χ1v) is 11.3. The number of carbonyl (C=O) groups excluding carboxylic acids is 1. The van der Waals surface area contributed by atoms with E-state index in [2.05, 4.69) is 31.2 Å². The minimum Gasteiger partial charge on any atom is -0.489 e. The highest BCUT2D eigenvalue weighted by molar-refractivity contribution is 8.27. The highest BCUT2D eigenvalue weighted by Crippen LogP contribution is 2.37. The normalized spacial score (nSPS) is 15.1. The SMILES string of the molecule is Cc1ccc(COc2ccc(/C=C3\SC(=S)N(c4ccc(C)c(Cl)c4)C3=O)cc2)cc1. The third-order valence-electron chi connectivity index (χ3n) is 4.91. The molecule has 3 nitrogen and oxygen atoms in total. The van der Waals surface area contributed by atoms with Gasteiger partial charge in [0.1, 0.15) is 12.4 Å². The summed E-state index contributed by atoms with van der Waals surface area (Å²) in [4.78, 5) is 15.1. The van der Waals surface area contributed by atoms with Gasteiger partial charge in [0.2, 0.25) is 0 Å². The number of thioether (sulfide) groups is 1. The van der Waals surface area contributed by atoms with Crippen LogP contribution in [-0.4, -0.2) is 10.2 Å². The number of halogens is 1. The Bertz CT molecular complexity index is 1170. The summed E-state index contributed by atoms with van der Waals surface area (Å²) in [5, 5.41) is 0.608. The molecular weight excluding hydrogens is 446 g/mol. The van der Waals surface area contributed by atoms with Crippen molar-refractivity contribution in [3.8, 4) is 5.75 Å². The van der Waals surface area contributed by atoms with Gasteiger partial charge in [-0.3, -0.25) is 9.69 Å². The Kier molecular flexibility index (Phi) is 6.46. The Morgan fingerprint density at radius 2 is 1.74 bits per heavy atom. The first-order valence-electron chi connectivity index (χ1n) is 9.73. The van der Waals surface area contributed by atoms with Crippen LogP contribution in [0.1, 0.15) is 22.3 Å².